The van der Waals surface area contributed by atoms with Gasteiger partial charge >= 0.3 is 5.97 Å². The van der Waals surface area contributed by atoms with Gasteiger partial charge in [-0.2, -0.15) is 0 Å². The van der Waals surface area contributed by atoms with Gasteiger partial charge in [0, 0.05) is 12.8 Å². The zero-order chi connectivity index (χ0) is 12.0. The molecule has 84 valence electrons. The van der Waals surface area contributed by atoms with E-state index in [1.165, 1.54) is 0 Å². The molecule has 0 saturated heterocycles. The minimum Gasteiger partial charge on any atom is -0.481 e. The monoisotopic (exact) mass is 216 g/mol. The molecular formula is C14H16O2. The summed E-state index contributed by atoms with van der Waals surface area (Å²) in [6.07, 6.45) is 1.06. The van der Waals surface area contributed by atoms with Crippen LogP contribution in [-0.2, 0) is 11.2 Å². The normalized spacial score (nSPS) is 10.4. The molecule has 0 aromatic heterocycles. The summed E-state index contributed by atoms with van der Waals surface area (Å²) in [6.45, 7) is 3.37. The number of hydrogen-bond donors (Lipinski definition) is 1. The molecule has 0 aliphatic heterocycles. The first-order valence-corrected chi connectivity index (χ1v) is 5.25. The average Bonchev–Trinajstić information content (AvgIpc) is 2.26. The Kier molecular flexibility index (Phi) is 4.13. The van der Waals surface area contributed by atoms with Gasteiger partial charge < -0.3 is 5.11 Å². The molecule has 0 aliphatic carbocycles. The number of carboxylic acids is 1. The van der Waals surface area contributed by atoms with E-state index in [1.807, 2.05) is 30.3 Å². The minimum absolute atomic E-state index is 0.384. The molecular weight excluding hydrogens is 200 g/mol. The van der Waals surface area contributed by atoms with Gasteiger partial charge in [0.2, 0.25) is 0 Å². The smallest absolute Gasteiger partial charge is 0.310 e. The maximum atomic E-state index is 10.8. The maximum absolute atomic E-state index is 10.8. The molecule has 0 unspecified atom stereocenters. The Morgan fingerprint density at radius 3 is 2.44 bits per heavy atom. The third-order valence-electron chi connectivity index (χ3n) is 2.37. The predicted molar refractivity (Wildman–Crippen MR) is 64.0 cm³/mol. The number of hydrogen-bond acceptors (Lipinski definition) is 1. The van der Waals surface area contributed by atoms with Gasteiger partial charge in [-0.3, -0.25) is 4.79 Å². The SMILES string of the molecule is CC(C)(CC#CCc1ccccc1)C(=O)O. The van der Waals surface area contributed by atoms with Gasteiger partial charge in [0.1, 0.15) is 0 Å². The number of carboxylic acid groups (broad SMARTS) is 1. The first-order valence-electron chi connectivity index (χ1n) is 5.25. The van der Waals surface area contributed by atoms with Crippen LogP contribution in [0.2, 0.25) is 0 Å². The van der Waals surface area contributed by atoms with E-state index in [-0.39, 0.29) is 0 Å². The maximum Gasteiger partial charge on any atom is 0.310 e. The van der Waals surface area contributed by atoms with Gasteiger partial charge in [-0.05, 0) is 19.4 Å². The van der Waals surface area contributed by atoms with Crippen LogP contribution >= 0.6 is 0 Å². The van der Waals surface area contributed by atoms with Crippen LogP contribution < -0.4 is 0 Å². The van der Waals surface area contributed by atoms with E-state index >= 15 is 0 Å². The Morgan fingerprint density at radius 2 is 1.88 bits per heavy atom. The number of rotatable bonds is 3. The highest BCUT2D eigenvalue weighted by Gasteiger charge is 2.25. The zero-order valence-corrected chi connectivity index (χ0v) is 9.66. The third kappa shape index (κ3) is 3.78. The highest BCUT2D eigenvalue weighted by Crippen LogP contribution is 2.19. The van der Waals surface area contributed by atoms with Crippen molar-refractivity contribution in [1.82, 2.24) is 0 Å². The van der Waals surface area contributed by atoms with Crippen molar-refractivity contribution in [2.24, 2.45) is 5.41 Å². The van der Waals surface area contributed by atoms with Crippen molar-refractivity contribution in [2.45, 2.75) is 26.7 Å². The van der Waals surface area contributed by atoms with E-state index in [2.05, 4.69) is 11.8 Å². The highest BCUT2D eigenvalue weighted by molar-refractivity contribution is 5.73. The van der Waals surface area contributed by atoms with Crippen LogP contribution in [0.5, 0.6) is 0 Å². The van der Waals surface area contributed by atoms with Crippen LogP contribution in [0, 0.1) is 17.3 Å². The van der Waals surface area contributed by atoms with Crippen molar-refractivity contribution in [3.63, 3.8) is 0 Å². The van der Waals surface area contributed by atoms with Gasteiger partial charge in [0.05, 0.1) is 5.41 Å². The standard InChI is InChI=1S/C14H16O2/c1-14(2,13(15)16)11-7-6-10-12-8-4-3-5-9-12/h3-5,8-9H,10-11H2,1-2H3,(H,15,16). The van der Waals surface area contributed by atoms with Crippen LogP contribution in [0.3, 0.4) is 0 Å². The fourth-order valence-corrected chi connectivity index (χ4v) is 1.12. The molecule has 0 aliphatic rings. The molecule has 0 fully saturated rings. The van der Waals surface area contributed by atoms with Gasteiger partial charge in [0.15, 0.2) is 0 Å². The predicted octanol–water partition coefficient (Wildman–Crippen LogP) is 2.73. The molecule has 0 saturated carbocycles. The highest BCUT2D eigenvalue weighted by atomic mass is 16.4. The lowest BCUT2D eigenvalue weighted by atomic mass is 9.90. The summed E-state index contributed by atoms with van der Waals surface area (Å²) in [4.78, 5) is 10.8. The molecule has 16 heavy (non-hydrogen) atoms. The third-order valence-corrected chi connectivity index (χ3v) is 2.37. The summed E-state index contributed by atoms with van der Waals surface area (Å²) in [6, 6.07) is 9.93. The second kappa shape index (κ2) is 5.37. The lowest BCUT2D eigenvalue weighted by Gasteiger charge is -2.14. The van der Waals surface area contributed by atoms with E-state index in [0.29, 0.717) is 12.8 Å². The van der Waals surface area contributed by atoms with Gasteiger partial charge in [-0.25, -0.2) is 0 Å². The quantitative estimate of drug-likeness (QED) is 0.789. The van der Waals surface area contributed by atoms with Gasteiger partial charge in [-0.15, -0.1) is 5.92 Å². The van der Waals surface area contributed by atoms with E-state index < -0.39 is 11.4 Å². The summed E-state index contributed by atoms with van der Waals surface area (Å²) in [5.41, 5.74) is 0.395. The number of carbonyl (C=O) groups is 1. The summed E-state index contributed by atoms with van der Waals surface area (Å²) in [7, 11) is 0. The summed E-state index contributed by atoms with van der Waals surface area (Å²) in [5, 5.41) is 8.89. The lowest BCUT2D eigenvalue weighted by molar-refractivity contribution is -0.146. The molecule has 0 spiro atoms. The van der Waals surface area contributed by atoms with Crippen LogP contribution in [-0.4, -0.2) is 11.1 Å². The van der Waals surface area contributed by atoms with Crippen molar-refractivity contribution in [2.75, 3.05) is 0 Å². The molecule has 0 radical (unpaired) electrons. The second-order valence-electron chi connectivity index (χ2n) is 4.38. The fraction of sp³-hybridized carbons (Fsp3) is 0.357. The number of benzene rings is 1. The van der Waals surface area contributed by atoms with E-state index in [9.17, 15) is 4.79 Å². The molecule has 1 aromatic rings. The van der Waals surface area contributed by atoms with Gasteiger partial charge in [0.25, 0.3) is 0 Å². The molecule has 0 heterocycles. The molecule has 1 N–H and O–H groups in total. The molecule has 0 atom stereocenters. The zero-order valence-electron chi connectivity index (χ0n) is 9.66. The van der Waals surface area contributed by atoms with Crippen LogP contribution in [0.15, 0.2) is 30.3 Å². The van der Waals surface area contributed by atoms with E-state index in [4.69, 9.17) is 5.11 Å². The Hall–Kier alpha value is -1.75. The first kappa shape index (κ1) is 12.3. The molecule has 2 nitrogen and oxygen atoms in total. The van der Waals surface area contributed by atoms with Crippen LogP contribution in [0.25, 0.3) is 0 Å². The summed E-state index contributed by atoms with van der Waals surface area (Å²) >= 11 is 0. The molecule has 0 bridgehead atoms. The topological polar surface area (TPSA) is 37.3 Å². The Morgan fingerprint density at radius 1 is 1.25 bits per heavy atom. The summed E-state index contributed by atoms with van der Waals surface area (Å²) < 4.78 is 0. The van der Waals surface area contributed by atoms with E-state index in [0.717, 1.165) is 5.56 Å². The molecule has 2 heteroatoms. The number of aliphatic carboxylic acids is 1. The lowest BCUT2D eigenvalue weighted by Crippen LogP contribution is -2.22. The second-order valence-corrected chi connectivity index (χ2v) is 4.38. The van der Waals surface area contributed by atoms with Crippen molar-refractivity contribution in [1.29, 1.82) is 0 Å². The first-order chi connectivity index (χ1) is 7.52. The van der Waals surface area contributed by atoms with Crippen molar-refractivity contribution in [3.05, 3.63) is 35.9 Å². The van der Waals surface area contributed by atoms with Crippen LogP contribution in [0.1, 0.15) is 25.8 Å². The largest absolute Gasteiger partial charge is 0.481 e. The summed E-state index contributed by atoms with van der Waals surface area (Å²) in [5.74, 6) is 5.12. The average molecular weight is 216 g/mol. The minimum atomic E-state index is -0.804. The van der Waals surface area contributed by atoms with E-state index in [1.54, 1.807) is 13.8 Å². The van der Waals surface area contributed by atoms with Crippen molar-refractivity contribution >= 4 is 5.97 Å². The van der Waals surface area contributed by atoms with Crippen LogP contribution in [0.4, 0.5) is 0 Å². The Bertz CT molecular complexity index is 407. The molecule has 1 aromatic carbocycles. The van der Waals surface area contributed by atoms with Crippen molar-refractivity contribution in [3.8, 4) is 11.8 Å². The Balaban J connectivity index is 2.49. The molecule has 1 rings (SSSR count). The van der Waals surface area contributed by atoms with Crippen molar-refractivity contribution < 1.29 is 9.90 Å². The fourth-order valence-electron chi connectivity index (χ4n) is 1.12. The Labute approximate surface area is 96.3 Å². The molecule has 0 amide bonds. The van der Waals surface area contributed by atoms with Gasteiger partial charge in [-0.1, -0.05) is 36.3 Å².